The molecule has 0 aliphatic carbocycles. The van der Waals surface area contributed by atoms with Crippen LogP contribution in [0.15, 0.2) is 42.5 Å². The van der Waals surface area contributed by atoms with E-state index in [9.17, 15) is 5.26 Å². The highest BCUT2D eigenvalue weighted by Crippen LogP contribution is 2.45. The lowest BCUT2D eigenvalue weighted by Crippen LogP contribution is -2.07. The number of benzene rings is 3. The fourth-order valence-corrected chi connectivity index (χ4v) is 3.18. The van der Waals surface area contributed by atoms with Gasteiger partial charge in [-0.15, -0.1) is 0 Å². The average molecular weight is 317 g/mol. The van der Waals surface area contributed by atoms with E-state index in [2.05, 4.69) is 6.07 Å². The van der Waals surface area contributed by atoms with Crippen molar-refractivity contribution in [3.05, 3.63) is 53.6 Å². The minimum atomic E-state index is 0.479. The van der Waals surface area contributed by atoms with E-state index >= 15 is 0 Å². The molecule has 24 heavy (non-hydrogen) atoms. The summed E-state index contributed by atoms with van der Waals surface area (Å²) < 4.78 is 16.6. The predicted octanol–water partition coefficient (Wildman–Crippen LogP) is 4.29. The summed E-state index contributed by atoms with van der Waals surface area (Å²) in [5.74, 6) is 2.33. The molecular formula is C20H15NO3. The van der Waals surface area contributed by atoms with E-state index in [1.54, 1.807) is 14.2 Å². The Hall–Kier alpha value is -3.19. The second kappa shape index (κ2) is 5.47. The smallest absolute Gasteiger partial charge is 0.135 e. The summed E-state index contributed by atoms with van der Waals surface area (Å²) in [5.41, 5.74) is 3.67. The van der Waals surface area contributed by atoms with Crippen molar-refractivity contribution in [1.29, 1.82) is 5.26 Å². The predicted molar refractivity (Wildman–Crippen MR) is 91.5 cm³/mol. The molecule has 0 radical (unpaired) electrons. The van der Waals surface area contributed by atoms with Crippen LogP contribution in [0.5, 0.6) is 17.2 Å². The SMILES string of the molecule is COc1ccc2c(c1)COc1c-2cc(C#N)c2cc(OC)ccc12. The third-order valence-corrected chi connectivity index (χ3v) is 4.39. The molecule has 4 nitrogen and oxygen atoms in total. The van der Waals surface area contributed by atoms with Gasteiger partial charge in [0, 0.05) is 21.9 Å². The highest BCUT2D eigenvalue weighted by Gasteiger charge is 2.22. The lowest BCUT2D eigenvalue weighted by molar-refractivity contribution is 0.305. The van der Waals surface area contributed by atoms with Crippen LogP contribution in [0.1, 0.15) is 11.1 Å². The maximum absolute atomic E-state index is 9.58. The van der Waals surface area contributed by atoms with Crippen LogP contribution < -0.4 is 14.2 Å². The number of nitrogens with zero attached hydrogens (tertiary/aromatic N) is 1. The Bertz CT molecular complexity index is 1000. The van der Waals surface area contributed by atoms with Crippen LogP contribution in [0.4, 0.5) is 0 Å². The Kier molecular flexibility index (Phi) is 3.28. The fraction of sp³-hybridized carbons (Fsp3) is 0.150. The van der Waals surface area contributed by atoms with E-state index < -0.39 is 0 Å². The molecule has 1 heterocycles. The van der Waals surface area contributed by atoms with Gasteiger partial charge in [0.1, 0.15) is 23.9 Å². The number of rotatable bonds is 2. The van der Waals surface area contributed by atoms with Gasteiger partial charge in [-0.1, -0.05) is 6.07 Å². The number of hydrogen-bond acceptors (Lipinski definition) is 4. The van der Waals surface area contributed by atoms with Crippen molar-refractivity contribution in [3.8, 4) is 34.4 Å². The van der Waals surface area contributed by atoms with Crippen molar-refractivity contribution in [3.63, 3.8) is 0 Å². The van der Waals surface area contributed by atoms with Crippen LogP contribution in [0.3, 0.4) is 0 Å². The zero-order valence-electron chi connectivity index (χ0n) is 13.4. The molecule has 4 heteroatoms. The van der Waals surface area contributed by atoms with Gasteiger partial charge in [0.25, 0.3) is 0 Å². The zero-order chi connectivity index (χ0) is 16.7. The van der Waals surface area contributed by atoms with Gasteiger partial charge in [0.15, 0.2) is 0 Å². The highest BCUT2D eigenvalue weighted by atomic mass is 16.5. The lowest BCUT2D eigenvalue weighted by atomic mass is 9.91. The number of methoxy groups -OCH3 is 2. The molecule has 0 amide bonds. The molecule has 0 N–H and O–H groups in total. The maximum atomic E-state index is 9.58. The largest absolute Gasteiger partial charge is 0.497 e. The average Bonchev–Trinajstić information content (AvgIpc) is 2.65. The molecule has 0 saturated heterocycles. The van der Waals surface area contributed by atoms with Gasteiger partial charge in [-0.2, -0.15) is 5.26 Å². The van der Waals surface area contributed by atoms with Crippen molar-refractivity contribution in [1.82, 2.24) is 0 Å². The number of ether oxygens (including phenoxy) is 3. The van der Waals surface area contributed by atoms with Crippen molar-refractivity contribution in [2.24, 2.45) is 0 Å². The number of fused-ring (bicyclic) bond motifs is 5. The second-order valence-electron chi connectivity index (χ2n) is 5.64. The Morgan fingerprint density at radius 3 is 2.42 bits per heavy atom. The van der Waals surface area contributed by atoms with Gasteiger partial charge >= 0.3 is 0 Å². The van der Waals surface area contributed by atoms with Crippen LogP contribution in [-0.2, 0) is 6.61 Å². The van der Waals surface area contributed by atoms with Gasteiger partial charge in [-0.25, -0.2) is 0 Å². The first-order chi connectivity index (χ1) is 11.7. The summed E-state index contributed by atoms with van der Waals surface area (Å²) in [6.45, 7) is 0.479. The summed E-state index contributed by atoms with van der Waals surface area (Å²) >= 11 is 0. The molecule has 0 fully saturated rings. The molecule has 118 valence electrons. The first-order valence-electron chi connectivity index (χ1n) is 7.60. The Morgan fingerprint density at radius 1 is 0.917 bits per heavy atom. The quantitative estimate of drug-likeness (QED) is 0.707. The molecule has 0 bridgehead atoms. The summed E-state index contributed by atoms with van der Waals surface area (Å²) in [5, 5.41) is 11.3. The fourth-order valence-electron chi connectivity index (χ4n) is 3.18. The number of nitriles is 1. The molecule has 1 aliphatic heterocycles. The normalized spacial score (nSPS) is 11.9. The molecular weight excluding hydrogens is 302 g/mol. The molecule has 3 aromatic rings. The minimum absolute atomic E-state index is 0.479. The van der Waals surface area contributed by atoms with Crippen LogP contribution in [0.25, 0.3) is 21.9 Å². The number of hydrogen-bond donors (Lipinski definition) is 0. The van der Waals surface area contributed by atoms with E-state index in [0.29, 0.717) is 12.2 Å². The summed E-state index contributed by atoms with van der Waals surface area (Å²) in [7, 11) is 3.26. The van der Waals surface area contributed by atoms with Crippen LogP contribution >= 0.6 is 0 Å². The molecule has 3 aromatic carbocycles. The lowest BCUT2D eigenvalue weighted by Gasteiger charge is -2.23. The third kappa shape index (κ3) is 2.06. The van der Waals surface area contributed by atoms with Gasteiger partial charge < -0.3 is 14.2 Å². The zero-order valence-corrected chi connectivity index (χ0v) is 13.4. The van der Waals surface area contributed by atoms with E-state index in [-0.39, 0.29) is 0 Å². The van der Waals surface area contributed by atoms with Crippen molar-refractivity contribution in [2.75, 3.05) is 14.2 Å². The first kappa shape index (κ1) is 14.4. The van der Waals surface area contributed by atoms with Gasteiger partial charge in [-0.3, -0.25) is 0 Å². The van der Waals surface area contributed by atoms with Crippen LogP contribution in [0.2, 0.25) is 0 Å². The van der Waals surface area contributed by atoms with E-state index in [1.165, 1.54) is 0 Å². The molecule has 0 atom stereocenters. The Morgan fingerprint density at radius 2 is 1.67 bits per heavy atom. The molecule has 1 aliphatic rings. The van der Waals surface area contributed by atoms with E-state index in [0.717, 1.165) is 44.7 Å². The topological polar surface area (TPSA) is 51.5 Å². The van der Waals surface area contributed by atoms with Crippen LogP contribution in [-0.4, -0.2) is 14.2 Å². The van der Waals surface area contributed by atoms with Crippen molar-refractivity contribution in [2.45, 2.75) is 6.61 Å². The maximum Gasteiger partial charge on any atom is 0.135 e. The molecule has 0 spiro atoms. The minimum Gasteiger partial charge on any atom is -0.497 e. The summed E-state index contributed by atoms with van der Waals surface area (Å²) in [4.78, 5) is 0. The molecule has 0 saturated carbocycles. The second-order valence-corrected chi connectivity index (χ2v) is 5.64. The Balaban J connectivity index is 2.02. The van der Waals surface area contributed by atoms with Crippen molar-refractivity contribution < 1.29 is 14.2 Å². The van der Waals surface area contributed by atoms with Crippen molar-refractivity contribution >= 4 is 10.8 Å². The van der Waals surface area contributed by atoms with Gasteiger partial charge in [0.05, 0.1) is 25.9 Å². The third-order valence-electron chi connectivity index (χ3n) is 4.39. The van der Waals surface area contributed by atoms with E-state index in [1.807, 2.05) is 42.5 Å². The van der Waals surface area contributed by atoms with Gasteiger partial charge in [0.2, 0.25) is 0 Å². The Labute approximate surface area is 139 Å². The summed E-state index contributed by atoms with van der Waals surface area (Å²) in [6.07, 6.45) is 0. The standard InChI is InChI=1S/C20H15NO3/c1-22-14-3-5-16-13(7-14)11-24-20-17-6-4-15(23-2)9-18(17)12(10-21)8-19(16)20/h3-9H,11H2,1-2H3. The first-order valence-corrected chi connectivity index (χ1v) is 7.60. The molecule has 0 aromatic heterocycles. The van der Waals surface area contributed by atoms with E-state index in [4.69, 9.17) is 14.2 Å². The monoisotopic (exact) mass is 317 g/mol. The van der Waals surface area contributed by atoms with Gasteiger partial charge in [-0.05, 0) is 42.0 Å². The highest BCUT2D eigenvalue weighted by molar-refractivity contribution is 6.00. The molecule has 4 rings (SSSR count). The van der Waals surface area contributed by atoms with Crippen LogP contribution in [0, 0.1) is 11.3 Å². The summed E-state index contributed by atoms with van der Waals surface area (Å²) in [6, 6.07) is 15.8. The molecule has 0 unspecified atom stereocenters.